The van der Waals surface area contributed by atoms with Gasteiger partial charge in [-0.2, -0.15) is 0 Å². The van der Waals surface area contributed by atoms with Crippen LogP contribution in [0.2, 0.25) is 0 Å². The smallest absolute Gasteiger partial charge is 0.408 e. The maximum Gasteiger partial charge on any atom is 0.408 e. The predicted molar refractivity (Wildman–Crippen MR) is 82.5 cm³/mol. The molecule has 0 saturated heterocycles. The van der Waals surface area contributed by atoms with E-state index in [4.69, 9.17) is 14.2 Å². The highest BCUT2D eigenvalue weighted by molar-refractivity contribution is 5.81. The van der Waals surface area contributed by atoms with E-state index >= 15 is 0 Å². The number of amides is 1. The number of hydrogen-bond acceptors (Lipinski definition) is 5. The van der Waals surface area contributed by atoms with Crippen molar-refractivity contribution in [1.82, 2.24) is 5.32 Å². The second-order valence-corrected chi connectivity index (χ2v) is 6.92. The molecule has 0 aromatic heterocycles. The van der Waals surface area contributed by atoms with Crippen LogP contribution in [-0.4, -0.2) is 43.0 Å². The molecule has 0 spiro atoms. The first-order valence-corrected chi connectivity index (χ1v) is 7.95. The number of esters is 1. The third kappa shape index (κ3) is 8.87. The van der Waals surface area contributed by atoms with Gasteiger partial charge in [0, 0.05) is 13.0 Å². The van der Waals surface area contributed by atoms with Gasteiger partial charge in [-0.15, -0.1) is 0 Å². The molecule has 1 aliphatic rings. The van der Waals surface area contributed by atoms with Gasteiger partial charge in [-0.3, -0.25) is 0 Å². The summed E-state index contributed by atoms with van der Waals surface area (Å²) in [6, 6.07) is -0.746. The lowest BCUT2D eigenvalue weighted by Gasteiger charge is -2.22. The van der Waals surface area contributed by atoms with Crippen molar-refractivity contribution in [2.24, 2.45) is 5.92 Å². The van der Waals surface area contributed by atoms with Crippen LogP contribution in [0.5, 0.6) is 0 Å². The summed E-state index contributed by atoms with van der Waals surface area (Å²) >= 11 is 0. The van der Waals surface area contributed by atoms with Crippen molar-refractivity contribution in [3.8, 4) is 0 Å². The molecule has 0 aromatic rings. The van der Waals surface area contributed by atoms with Gasteiger partial charge in [0.2, 0.25) is 0 Å². The van der Waals surface area contributed by atoms with Crippen molar-refractivity contribution < 1.29 is 23.8 Å². The monoisotopic (exact) mass is 315 g/mol. The molecule has 0 radical (unpaired) electrons. The second-order valence-electron chi connectivity index (χ2n) is 6.92. The molecule has 128 valence electrons. The van der Waals surface area contributed by atoms with Crippen molar-refractivity contribution in [1.29, 1.82) is 0 Å². The van der Waals surface area contributed by atoms with Crippen molar-refractivity contribution >= 4 is 12.1 Å². The largest absolute Gasteiger partial charge is 0.461 e. The highest BCUT2D eigenvalue weighted by atomic mass is 16.6. The van der Waals surface area contributed by atoms with Crippen molar-refractivity contribution in [3.05, 3.63) is 0 Å². The Balaban J connectivity index is 2.16. The zero-order valence-electron chi connectivity index (χ0n) is 14.3. The Kier molecular flexibility index (Phi) is 7.13. The minimum atomic E-state index is -0.746. The molecule has 1 amide bonds. The first kappa shape index (κ1) is 18.7. The fourth-order valence-corrected chi connectivity index (χ4v) is 1.69. The van der Waals surface area contributed by atoms with Gasteiger partial charge in [0.1, 0.15) is 17.7 Å². The Labute approximate surface area is 132 Å². The normalized spacial score (nSPS) is 17.5. The summed E-state index contributed by atoms with van der Waals surface area (Å²) in [7, 11) is 0. The number of rotatable bonds is 8. The van der Waals surface area contributed by atoms with Crippen LogP contribution in [0, 0.1) is 5.92 Å². The first-order valence-electron chi connectivity index (χ1n) is 7.95. The van der Waals surface area contributed by atoms with Crippen LogP contribution in [0.25, 0.3) is 0 Å². The lowest BCUT2D eigenvalue weighted by Crippen LogP contribution is -2.43. The Morgan fingerprint density at radius 1 is 1.23 bits per heavy atom. The van der Waals surface area contributed by atoms with Crippen molar-refractivity contribution in [3.63, 3.8) is 0 Å². The van der Waals surface area contributed by atoms with E-state index in [1.807, 2.05) is 6.92 Å². The third-order valence-corrected chi connectivity index (χ3v) is 3.12. The minimum absolute atomic E-state index is 0.241. The minimum Gasteiger partial charge on any atom is -0.461 e. The lowest BCUT2D eigenvalue weighted by atomic mass is 10.2. The average molecular weight is 315 g/mol. The maximum atomic E-state index is 11.9. The fraction of sp³-hybridized carbons (Fsp3) is 0.875. The second kappa shape index (κ2) is 8.36. The van der Waals surface area contributed by atoms with Gasteiger partial charge in [-0.1, -0.05) is 0 Å². The van der Waals surface area contributed by atoms with E-state index in [0.29, 0.717) is 13.0 Å². The molecular weight excluding hydrogens is 286 g/mol. The zero-order valence-corrected chi connectivity index (χ0v) is 14.3. The standard InChI is InChI=1S/C16H29NO5/c1-11(8-9-20-10-13-6-7-13)21-14(18)12(2)17-15(19)22-16(3,4)5/h11-13H,6-10H2,1-5H3,(H,17,19)/t11-,12-/m0/s1. The van der Waals surface area contributed by atoms with Crippen LogP contribution >= 0.6 is 0 Å². The number of nitrogens with one attached hydrogen (secondary N) is 1. The fourth-order valence-electron chi connectivity index (χ4n) is 1.69. The van der Waals surface area contributed by atoms with Gasteiger partial charge < -0.3 is 19.5 Å². The highest BCUT2D eigenvalue weighted by Gasteiger charge is 2.23. The van der Waals surface area contributed by atoms with E-state index in [-0.39, 0.29) is 6.10 Å². The van der Waals surface area contributed by atoms with Gasteiger partial charge in [0.15, 0.2) is 0 Å². The zero-order chi connectivity index (χ0) is 16.8. The molecule has 0 bridgehead atoms. The topological polar surface area (TPSA) is 73.9 Å². The summed E-state index contributed by atoms with van der Waals surface area (Å²) in [5.74, 6) is 0.261. The molecule has 2 atom stereocenters. The van der Waals surface area contributed by atoms with Gasteiger partial charge in [-0.05, 0) is 53.4 Å². The molecule has 0 aromatic carbocycles. The van der Waals surface area contributed by atoms with Crippen LogP contribution in [0.3, 0.4) is 0 Å². The van der Waals surface area contributed by atoms with Crippen molar-refractivity contribution in [2.75, 3.05) is 13.2 Å². The first-order chi connectivity index (χ1) is 10.2. The van der Waals surface area contributed by atoms with Gasteiger partial charge >= 0.3 is 12.1 Å². The van der Waals surface area contributed by atoms with E-state index in [2.05, 4.69) is 5.32 Å². The van der Waals surface area contributed by atoms with E-state index < -0.39 is 23.7 Å². The summed E-state index contributed by atoms with van der Waals surface area (Å²) < 4.78 is 15.9. The molecule has 1 saturated carbocycles. The molecule has 22 heavy (non-hydrogen) atoms. The predicted octanol–water partition coefficient (Wildman–Crippen LogP) is 2.65. The third-order valence-electron chi connectivity index (χ3n) is 3.12. The highest BCUT2D eigenvalue weighted by Crippen LogP contribution is 2.28. The summed E-state index contributed by atoms with van der Waals surface area (Å²) in [6.45, 7) is 10.1. The summed E-state index contributed by atoms with van der Waals surface area (Å²) in [4.78, 5) is 23.5. The number of ether oxygens (including phenoxy) is 3. The molecule has 0 aliphatic heterocycles. The molecule has 0 heterocycles. The van der Waals surface area contributed by atoms with Crippen LogP contribution in [0.15, 0.2) is 0 Å². The summed E-state index contributed by atoms with van der Waals surface area (Å²) in [5, 5.41) is 2.47. The Morgan fingerprint density at radius 2 is 1.86 bits per heavy atom. The van der Waals surface area contributed by atoms with Crippen LogP contribution < -0.4 is 5.32 Å². The molecule has 6 nitrogen and oxygen atoms in total. The number of carbonyl (C=O) groups excluding carboxylic acids is 2. The maximum absolute atomic E-state index is 11.9. The van der Waals surface area contributed by atoms with Gasteiger partial charge in [0.25, 0.3) is 0 Å². The molecular formula is C16H29NO5. The lowest BCUT2D eigenvalue weighted by molar-refractivity contribution is -0.151. The van der Waals surface area contributed by atoms with Crippen LogP contribution in [-0.2, 0) is 19.0 Å². The Morgan fingerprint density at radius 3 is 2.41 bits per heavy atom. The summed E-state index contributed by atoms with van der Waals surface area (Å²) in [5.41, 5.74) is -0.597. The van der Waals surface area contributed by atoms with Crippen molar-refractivity contribution in [2.45, 2.75) is 71.6 Å². The Bertz CT molecular complexity index is 373. The van der Waals surface area contributed by atoms with E-state index in [1.54, 1.807) is 27.7 Å². The molecule has 6 heteroatoms. The van der Waals surface area contributed by atoms with Gasteiger partial charge in [-0.25, -0.2) is 9.59 Å². The molecule has 1 N–H and O–H groups in total. The van der Waals surface area contributed by atoms with E-state index in [9.17, 15) is 9.59 Å². The summed E-state index contributed by atoms with van der Waals surface area (Å²) in [6.07, 6.45) is 2.31. The van der Waals surface area contributed by atoms with Gasteiger partial charge in [0.05, 0.1) is 6.61 Å². The average Bonchev–Trinajstić information content (AvgIpc) is 3.16. The van der Waals surface area contributed by atoms with E-state index in [0.717, 1.165) is 12.5 Å². The molecule has 0 unspecified atom stereocenters. The molecule has 1 rings (SSSR count). The number of carbonyl (C=O) groups is 2. The molecule has 1 fully saturated rings. The Hall–Kier alpha value is -1.30. The number of alkyl carbamates (subject to hydrolysis) is 1. The SMILES string of the molecule is C[C@H](NC(=O)OC(C)(C)C)C(=O)O[C@@H](C)CCOCC1CC1. The molecule has 1 aliphatic carbocycles. The van der Waals surface area contributed by atoms with Crippen LogP contribution in [0.1, 0.15) is 53.9 Å². The van der Waals surface area contributed by atoms with Crippen LogP contribution in [0.4, 0.5) is 4.79 Å². The van der Waals surface area contributed by atoms with E-state index in [1.165, 1.54) is 12.8 Å². The quantitative estimate of drug-likeness (QED) is 0.550. The number of hydrogen-bond donors (Lipinski definition) is 1.